The Balaban J connectivity index is 2.14. The van der Waals surface area contributed by atoms with Gasteiger partial charge in [0.05, 0.1) is 11.2 Å². The number of hydrogen-bond donors (Lipinski definition) is 2. The average molecular weight is 336 g/mol. The minimum Gasteiger partial charge on any atom is -0.444 e. The molecule has 2 rings (SSSR count). The third-order valence-electron chi connectivity index (χ3n) is 4.08. The Morgan fingerprint density at radius 2 is 1.75 bits per heavy atom. The molecule has 1 amide bonds. The molecule has 1 fully saturated rings. The Hall–Kier alpha value is -1.80. The van der Waals surface area contributed by atoms with Gasteiger partial charge in [0.1, 0.15) is 11.3 Å². The fourth-order valence-electron chi connectivity index (χ4n) is 2.10. The Morgan fingerprint density at radius 3 is 2.21 bits per heavy atom. The van der Waals surface area contributed by atoms with E-state index >= 15 is 0 Å². The van der Waals surface area contributed by atoms with E-state index in [9.17, 15) is 9.59 Å². The summed E-state index contributed by atoms with van der Waals surface area (Å²) >= 11 is 0. The maximum atomic E-state index is 12.2. The van der Waals surface area contributed by atoms with Gasteiger partial charge in [-0.1, -0.05) is 0 Å². The predicted octanol–water partition coefficient (Wildman–Crippen LogP) is 2.02. The van der Waals surface area contributed by atoms with E-state index in [1.807, 2.05) is 27.7 Å². The molecule has 0 spiro atoms. The fourth-order valence-corrected chi connectivity index (χ4v) is 2.10. The van der Waals surface area contributed by atoms with Crippen molar-refractivity contribution in [1.82, 2.24) is 4.98 Å². The normalized spacial score (nSPS) is 19.2. The minimum absolute atomic E-state index is 0.101. The van der Waals surface area contributed by atoms with Gasteiger partial charge < -0.3 is 19.0 Å². The first kappa shape index (κ1) is 18.5. The summed E-state index contributed by atoms with van der Waals surface area (Å²) < 4.78 is 16.9. The van der Waals surface area contributed by atoms with Crippen LogP contribution in [0, 0.1) is 0 Å². The number of carbonyl (C=O) groups excluding carboxylic acids is 1. The molecule has 8 heteroatoms. The highest BCUT2D eigenvalue weighted by Crippen LogP contribution is 2.36. The summed E-state index contributed by atoms with van der Waals surface area (Å²) in [6.45, 7) is 13.0. The van der Waals surface area contributed by atoms with Crippen LogP contribution in [0.1, 0.15) is 48.5 Å². The molecule has 0 radical (unpaired) electrons. The van der Waals surface area contributed by atoms with E-state index in [4.69, 9.17) is 14.0 Å². The lowest BCUT2D eigenvalue weighted by Gasteiger charge is -2.32. The zero-order valence-electron chi connectivity index (χ0n) is 15.3. The first-order valence-electron chi connectivity index (χ1n) is 7.89. The van der Waals surface area contributed by atoms with Crippen LogP contribution in [-0.2, 0) is 14.0 Å². The number of ether oxygens (including phenoxy) is 1. The molecule has 0 aliphatic carbocycles. The highest BCUT2D eigenvalue weighted by molar-refractivity contribution is 6.61. The molecule has 0 atom stereocenters. The van der Waals surface area contributed by atoms with E-state index < -0.39 is 30.0 Å². The molecule has 1 aliphatic heterocycles. The van der Waals surface area contributed by atoms with Crippen molar-refractivity contribution >= 4 is 24.5 Å². The highest BCUT2D eigenvalue weighted by Gasteiger charge is 2.52. The quantitative estimate of drug-likeness (QED) is 0.807. The van der Waals surface area contributed by atoms with Crippen molar-refractivity contribution in [2.75, 3.05) is 5.32 Å². The minimum atomic E-state index is -0.684. The summed E-state index contributed by atoms with van der Waals surface area (Å²) in [5.41, 5.74) is -1.40. The van der Waals surface area contributed by atoms with E-state index in [-0.39, 0.29) is 11.1 Å². The van der Waals surface area contributed by atoms with Gasteiger partial charge >= 0.3 is 13.2 Å². The topological polar surface area (TPSA) is 89.7 Å². The molecule has 7 nitrogen and oxygen atoms in total. The highest BCUT2D eigenvalue weighted by atomic mass is 16.7. The first-order valence-corrected chi connectivity index (χ1v) is 7.89. The van der Waals surface area contributed by atoms with Crippen molar-refractivity contribution in [3.8, 4) is 0 Å². The van der Waals surface area contributed by atoms with Crippen LogP contribution in [0.2, 0.25) is 0 Å². The third-order valence-corrected chi connectivity index (χ3v) is 4.08. The lowest BCUT2D eigenvalue weighted by Crippen LogP contribution is -2.41. The summed E-state index contributed by atoms with van der Waals surface area (Å²) in [6.07, 6.45) is 0.725. The van der Waals surface area contributed by atoms with Gasteiger partial charge in [0.2, 0.25) is 5.43 Å². The molecule has 0 saturated carbocycles. The van der Waals surface area contributed by atoms with Gasteiger partial charge in [-0.15, -0.1) is 0 Å². The molecule has 1 aromatic rings. The molecule has 0 bridgehead atoms. The van der Waals surface area contributed by atoms with Gasteiger partial charge in [0, 0.05) is 17.9 Å². The number of carbonyl (C=O) groups is 1. The zero-order chi connectivity index (χ0) is 18.3. The number of amides is 1. The largest absolute Gasteiger partial charge is 0.512 e. The van der Waals surface area contributed by atoms with E-state index in [0.29, 0.717) is 5.59 Å². The van der Waals surface area contributed by atoms with Crippen molar-refractivity contribution in [2.45, 2.75) is 65.3 Å². The Morgan fingerprint density at radius 1 is 1.21 bits per heavy atom. The monoisotopic (exact) mass is 336 g/mol. The smallest absolute Gasteiger partial charge is 0.444 e. The predicted molar refractivity (Wildman–Crippen MR) is 92.6 cm³/mol. The van der Waals surface area contributed by atoms with Crippen LogP contribution in [0.4, 0.5) is 10.5 Å². The lowest BCUT2D eigenvalue weighted by molar-refractivity contribution is 0.00578. The first-order chi connectivity index (χ1) is 10.8. The number of aromatic nitrogens is 1. The van der Waals surface area contributed by atoms with Crippen molar-refractivity contribution in [3.05, 3.63) is 22.5 Å². The van der Waals surface area contributed by atoms with E-state index in [0.717, 1.165) is 0 Å². The Kier molecular flexibility index (Phi) is 4.58. The summed E-state index contributed by atoms with van der Waals surface area (Å²) in [7, 11) is -0.668. The standard InChI is InChI=1S/C16H25BN2O5/c1-14(2,3)22-13(21)19-10-9-18-12(8-11(10)20)17-23-15(4,5)16(6,7)24-17/h8-9H,1-7H3,(H,18,20)(H,19,21). The number of rotatable bonds is 2. The summed E-state index contributed by atoms with van der Waals surface area (Å²) in [4.78, 5) is 26.9. The second-order valence-electron chi connectivity index (χ2n) is 7.88. The van der Waals surface area contributed by atoms with E-state index in [2.05, 4.69) is 10.3 Å². The van der Waals surface area contributed by atoms with Gasteiger partial charge in [-0.25, -0.2) is 4.79 Å². The third kappa shape index (κ3) is 3.99. The zero-order valence-corrected chi connectivity index (χ0v) is 15.3. The number of H-pyrrole nitrogens is 1. The lowest BCUT2D eigenvalue weighted by atomic mass is 9.84. The maximum Gasteiger partial charge on any atom is 0.512 e. The molecule has 2 N–H and O–H groups in total. The van der Waals surface area contributed by atoms with Crippen molar-refractivity contribution in [2.24, 2.45) is 0 Å². The fraction of sp³-hybridized carbons (Fsp3) is 0.625. The van der Waals surface area contributed by atoms with E-state index in [1.54, 1.807) is 20.8 Å². The molecular formula is C16H25BN2O5. The van der Waals surface area contributed by atoms with Crippen LogP contribution >= 0.6 is 0 Å². The van der Waals surface area contributed by atoms with E-state index in [1.165, 1.54) is 12.3 Å². The molecule has 1 aromatic heterocycles. The second kappa shape index (κ2) is 5.93. The number of aromatic amines is 1. The van der Waals surface area contributed by atoms with Crippen LogP contribution in [0.25, 0.3) is 0 Å². The van der Waals surface area contributed by atoms with Crippen molar-refractivity contribution < 1.29 is 18.8 Å². The molecular weight excluding hydrogens is 311 g/mol. The van der Waals surface area contributed by atoms with Crippen molar-refractivity contribution in [1.29, 1.82) is 0 Å². The summed E-state index contributed by atoms with van der Waals surface area (Å²) in [5.74, 6) is 0. The number of pyridine rings is 1. The van der Waals surface area contributed by atoms with Crippen molar-refractivity contribution in [3.63, 3.8) is 0 Å². The number of anilines is 1. The maximum absolute atomic E-state index is 12.2. The summed E-state index contributed by atoms with van der Waals surface area (Å²) in [6, 6.07) is 1.36. The average Bonchev–Trinajstić information content (AvgIpc) is 2.58. The van der Waals surface area contributed by atoms with Crippen LogP contribution in [0.15, 0.2) is 17.1 Å². The SMILES string of the molecule is CC(C)(C)OC(=O)Nc1c[nH]c(B2OC(C)(C)C(C)(C)O2)cc1=O. The molecule has 1 aliphatic rings. The van der Waals surface area contributed by atoms with Crippen LogP contribution in [0.3, 0.4) is 0 Å². The number of hydrogen-bond acceptors (Lipinski definition) is 5. The van der Waals surface area contributed by atoms with Gasteiger partial charge in [-0.3, -0.25) is 10.1 Å². The van der Waals surface area contributed by atoms with Gasteiger partial charge in [-0.2, -0.15) is 0 Å². The molecule has 0 aromatic carbocycles. The molecule has 132 valence electrons. The molecule has 0 unspecified atom stereocenters. The van der Waals surface area contributed by atoms with Gasteiger partial charge in [-0.05, 0) is 48.5 Å². The van der Waals surface area contributed by atoms with Gasteiger partial charge in [0.15, 0.2) is 0 Å². The molecule has 2 heterocycles. The van der Waals surface area contributed by atoms with Gasteiger partial charge in [0.25, 0.3) is 0 Å². The van der Waals surface area contributed by atoms with Crippen LogP contribution in [0.5, 0.6) is 0 Å². The molecule has 1 saturated heterocycles. The summed E-state index contributed by atoms with van der Waals surface area (Å²) in [5, 5.41) is 2.43. The molecule has 24 heavy (non-hydrogen) atoms. The number of nitrogens with one attached hydrogen (secondary N) is 2. The second-order valence-corrected chi connectivity index (χ2v) is 7.88. The van der Waals surface area contributed by atoms with Crippen LogP contribution < -0.4 is 16.3 Å². The Labute approximate surface area is 142 Å². The van der Waals surface area contributed by atoms with Crippen LogP contribution in [-0.4, -0.2) is 35.0 Å². The Bertz CT molecular complexity index is 674.